The van der Waals surface area contributed by atoms with Gasteiger partial charge in [0, 0.05) is 6.42 Å². The lowest BCUT2D eigenvalue weighted by Gasteiger charge is -2.35. The summed E-state index contributed by atoms with van der Waals surface area (Å²) in [4.78, 5) is 46.3. The van der Waals surface area contributed by atoms with E-state index in [1.165, 1.54) is 128 Å². The first-order chi connectivity index (χ1) is 29.4. The quantitative estimate of drug-likeness (QED) is 0.0174. The molecule has 0 saturated heterocycles. The van der Waals surface area contributed by atoms with E-state index in [2.05, 4.69) is 26.1 Å². The summed E-state index contributed by atoms with van der Waals surface area (Å²) >= 11 is 0. The summed E-state index contributed by atoms with van der Waals surface area (Å²) in [6, 6.07) is -1.46. The van der Waals surface area contributed by atoms with Crippen molar-refractivity contribution in [3.8, 4) is 0 Å². The summed E-state index contributed by atoms with van der Waals surface area (Å²) in [5.74, 6) is -1.40. The summed E-state index contributed by atoms with van der Waals surface area (Å²) in [5.41, 5.74) is 0. The molecule has 0 bridgehead atoms. The van der Waals surface area contributed by atoms with Crippen LogP contribution in [0.4, 0.5) is 0 Å². The van der Waals surface area contributed by atoms with Crippen LogP contribution in [0.5, 0.6) is 0 Å². The zero-order chi connectivity index (χ0) is 45.4. The van der Waals surface area contributed by atoms with Gasteiger partial charge in [-0.05, 0) is 25.2 Å². The van der Waals surface area contributed by atoms with Crippen LogP contribution in [0.15, 0.2) is 0 Å². The zero-order valence-electron chi connectivity index (χ0n) is 39.3. The van der Waals surface area contributed by atoms with E-state index >= 15 is 0 Å². The first-order valence-electron chi connectivity index (χ1n) is 25.2. The number of amides is 1. The van der Waals surface area contributed by atoms with Crippen LogP contribution in [0.25, 0.3) is 0 Å². The SMILES string of the molecule is CCCCCCCCCCCCCCC(CCCCCCCCCCC)CC(=O)O[C@@H]([C@H](OP(=O)(O)O)[C@H](O)CO)[C@H](CO)NC(=O)C[C@H](O)CCCCCCCCCCC. The Bertz CT molecular complexity index is 1050. The van der Waals surface area contributed by atoms with Crippen LogP contribution >= 0.6 is 7.82 Å². The molecule has 61 heavy (non-hydrogen) atoms. The van der Waals surface area contributed by atoms with Crippen LogP contribution in [-0.4, -0.2) is 85.8 Å². The second kappa shape index (κ2) is 41.6. The summed E-state index contributed by atoms with van der Waals surface area (Å²) in [5, 5.41) is 44.1. The Kier molecular flexibility index (Phi) is 40.8. The molecule has 0 saturated carbocycles. The number of ether oxygens (including phenoxy) is 1. The first-order valence-corrected chi connectivity index (χ1v) is 26.8. The highest BCUT2D eigenvalue weighted by Crippen LogP contribution is 2.40. The smallest absolute Gasteiger partial charge is 0.457 e. The Labute approximate surface area is 372 Å². The molecule has 1 unspecified atom stereocenters. The van der Waals surface area contributed by atoms with E-state index in [1.54, 1.807) is 0 Å². The number of phosphoric ester groups is 1. The third-order valence-electron chi connectivity index (χ3n) is 12.1. The molecule has 0 radical (unpaired) electrons. The highest BCUT2D eigenvalue weighted by Gasteiger charge is 2.42. The van der Waals surface area contributed by atoms with E-state index in [0.29, 0.717) is 6.42 Å². The average Bonchev–Trinajstić information content (AvgIpc) is 3.22. The molecular formula is C48H96NO11P. The highest BCUT2D eigenvalue weighted by atomic mass is 31.2. The summed E-state index contributed by atoms with van der Waals surface area (Å²) < 4.78 is 22.7. The van der Waals surface area contributed by atoms with Crippen LogP contribution in [0.1, 0.15) is 245 Å². The molecule has 0 heterocycles. The van der Waals surface area contributed by atoms with Gasteiger partial charge in [-0.3, -0.25) is 14.1 Å². The number of rotatable bonds is 46. The van der Waals surface area contributed by atoms with Crippen LogP contribution in [0.3, 0.4) is 0 Å². The lowest BCUT2D eigenvalue weighted by Crippen LogP contribution is -2.57. The number of aliphatic hydroxyl groups excluding tert-OH is 4. The summed E-state index contributed by atoms with van der Waals surface area (Å²) in [6.45, 7) is 4.81. The molecule has 13 heteroatoms. The van der Waals surface area contributed by atoms with Gasteiger partial charge in [-0.2, -0.15) is 0 Å². The van der Waals surface area contributed by atoms with Crippen molar-refractivity contribution in [2.24, 2.45) is 5.92 Å². The Balaban J connectivity index is 5.56. The van der Waals surface area contributed by atoms with Gasteiger partial charge in [-0.15, -0.1) is 0 Å². The minimum atomic E-state index is -5.32. The summed E-state index contributed by atoms with van der Waals surface area (Å²) in [7, 11) is -5.32. The van der Waals surface area contributed by atoms with E-state index in [9.17, 15) is 44.4 Å². The molecule has 0 aliphatic heterocycles. The van der Waals surface area contributed by atoms with Gasteiger partial charge < -0.3 is 40.3 Å². The topological polar surface area (TPSA) is 203 Å². The average molecular weight is 894 g/mol. The molecule has 7 N–H and O–H groups in total. The molecule has 0 spiro atoms. The molecular weight excluding hydrogens is 797 g/mol. The van der Waals surface area contributed by atoms with Crippen molar-refractivity contribution >= 4 is 19.7 Å². The van der Waals surface area contributed by atoms with Gasteiger partial charge in [0.2, 0.25) is 5.91 Å². The number of unbranched alkanes of at least 4 members (excludes halogenated alkanes) is 27. The predicted octanol–water partition coefficient (Wildman–Crippen LogP) is 10.9. The number of esters is 1. The molecule has 0 fully saturated rings. The maximum absolute atomic E-state index is 13.7. The summed E-state index contributed by atoms with van der Waals surface area (Å²) in [6.07, 6.45) is 30.4. The lowest BCUT2D eigenvalue weighted by atomic mass is 9.91. The van der Waals surface area contributed by atoms with Crippen molar-refractivity contribution in [3.05, 3.63) is 0 Å². The molecule has 0 aliphatic rings. The number of aliphatic hydroxyl groups is 4. The molecule has 6 atom stereocenters. The van der Waals surface area contributed by atoms with Gasteiger partial charge in [-0.25, -0.2) is 4.57 Å². The fourth-order valence-electron chi connectivity index (χ4n) is 8.30. The second-order valence-corrected chi connectivity index (χ2v) is 19.2. The molecule has 0 rings (SSSR count). The standard InChI is InChI=1S/C48H96NO11P/c1-4-7-10-13-16-19-20-21-24-26-29-32-35-41(34-31-28-25-22-17-14-11-8-5-2)37-46(55)59-47(48(44(53)40-51)60-61(56,57)58)43(39-50)49-45(54)38-42(52)36-33-30-27-23-18-15-12-9-6-3/h41-44,47-48,50-53H,4-40H2,1-3H3,(H,49,54)(H2,56,57,58)/t41?,42-,43+,44-,47-,48-/m1/s1. The van der Waals surface area contributed by atoms with Gasteiger partial charge in [0.25, 0.3) is 0 Å². The van der Waals surface area contributed by atoms with Crippen LogP contribution < -0.4 is 5.32 Å². The Morgan fingerprint density at radius 2 is 0.869 bits per heavy atom. The van der Waals surface area contributed by atoms with Crippen LogP contribution in [0, 0.1) is 5.92 Å². The van der Waals surface area contributed by atoms with Gasteiger partial charge in [-0.1, -0.05) is 213 Å². The number of hydrogen-bond donors (Lipinski definition) is 7. The van der Waals surface area contributed by atoms with Crippen LogP contribution in [-0.2, 0) is 23.4 Å². The molecule has 1 amide bonds. The van der Waals surface area contributed by atoms with Crippen molar-refractivity contribution in [1.29, 1.82) is 0 Å². The van der Waals surface area contributed by atoms with Gasteiger partial charge in [0.05, 0.1) is 31.8 Å². The van der Waals surface area contributed by atoms with E-state index in [-0.39, 0.29) is 18.8 Å². The van der Waals surface area contributed by atoms with E-state index in [1.807, 2.05) is 0 Å². The molecule has 364 valence electrons. The molecule has 0 aromatic heterocycles. The third-order valence-corrected chi connectivity index (χ3v) is 12.6. The van der Waals surface area contributed by atoms with Gasteiger partial charge in [0.1, 0.15) is 12.2 Å². The second-order valence-electron chi connectivity index (χ2n) is 18.0. The van der Waals surface area contributed by atoms with E-state index < -0.39 is 63.4 Å². The van der Waals surface area contributed by atoms with Crippen LogP contribution in [0.2, 0.25) is 0 Å². The zero-order valence-corrected chi connectivity index (χ0v) is 40.2. The third kappa shape index (κ3) is 36.9. The van der Waals surface area contributed by atoms with Crippen molar-refractivity contribution in [3.63, 3.8) is 0 Å². The number of carbonyl (C=O) groups is 2. The highest BCUT2D eigenvalue weighted by molar-refractivity contribution is 7.46. The van der Waals surface area contributed by atoms with E-state index in [4.69, 9.17) is 9.26 Å². The molecule has 12 nitrogen and oxygen atoms in total. The van der Waals surface area contributed by atoms with Gasteiger partial charge in [0.15, 0.2) is 6.10 Å². The molecule has 0 aliphatic carbocycles. The number of phosphoric acid groups is 1. The van der Waals surface area contributed by atoms with Crippen molar-refractivity contribution in [1.82, 2.24) is 5.32 Å². The number of hydrogen-bond acceptors (Lipinski definition) is 9. The van der Waals surface area contributed by atoms with Crippen molar-refractivity contribution in [2.75, 3.05) is 13.2 Å². The van der Waals surface area contributed by atoms with Crippen molar-refractivity contribution in [2.45, 2.75) is 276 Å². The fourth-order valence-corrected chi connectivity index (χ4v) is 8.87. The maximum atomic E-state index is 13.7. The Morgan fingerprint density at radius 1 is 0.508 bits per heavy atom. The monoisotopic (exact) mass is 894 g/mol. The van der Waals surface area contributed by atoms with Gasteiger partial charge >= 0.3 is 13.8 Å². The molecule has 0 aromatic carbocycles. The van der Waals surface area contributed by atoms with Crippen molar-refractivity contribution < 1.29 is 53.6 Å². The number of carbonyl (C=O) groups excluding carboxylic acids is 2. The normalized spacial score (nSPS) is 15.0. The lowest BCUT2D eigenvalue weighted by molar-refractivity contribution is -0.167. The Hall–Kier alpha value is -1.11. The maximum Gasteiger partial charge on any atom is 0.470 e. The molecule has 0 aromatic rings. The van der Waals surface area contributed by atoms with E-state index in [0.717, 1.165) is 77.0 Å². The predicted molar refractivity (Wildman–Crippen MR) is 247 cm³/mol. The fraction of sp³-hybridized carbons (Fsp3) is 0.958. The minimum absolute atomic E-state index is 0.00689. The Morgan fingerprint density at radius 3 is 1.21 bits per heavy atom. The minimum Gasteiger partial charge on any atom is -0.457 e. The number of nitrogens with one attached hydrogen (secondary N) is 1. The first kappa shape index (κ1) is 59.9. The largest absolute Gasteiger partial charge is 0.470 e.